The highest BCUT2D eigenvalue weighted by molar-refractivity contribution is 9.10. The number of carboxylic acids is 1. The number of halogens is 1. The number of H-pyrrole nitrogens is 1. The lowest BCUT2D eigenvalue weighted by molar-refractivity contribution is -0.134. The first-order chi connectivity index (χ1) is 12.5. The summed E-state index contributed by atoms with van der Waals surface area (Å²) in [6.45, 7) is 2.07. The minimum absolute atomic E-state index is 0.218. The average Bonchev–Trinajstić information content (AvgIpc) is 3.00. The lowest BCUT2D eigenvalue weighted by atomic mass is 9.94. The molecule has 1 aliphatic rings. The van der Waals surface area contributed by atoms with Gasteiger partial charge >= 0.3 is 0 Å². The van der Waals surface area contributed by atoms with Gasteiger partial charge in [-0.3, -0.25) is 4.79 Å². The van der Waals surface area contributed by atoms with Crippen LogP contribution >= 0.6 is 15.9 Å². The van der Waals surface area contributed by atoms with E-state index in [0.29, 0.717) is 0 Å². The number of aromatic amines is 1. The van der Waals surface area contributed by atoms with E-state index in [1.807, 2.05) is 6.07 Å². The van der Waals surface area contributed by atoms with Gasteiger partial charge in [0.2, 0.25) is 0 Å². The van der Waals surface area contributed by atoms with Crippen LogP contribution in [0.25, 0.3) is 10.9 Å². The van der Waals surface area contributed by atoms with E-state index in [4.69, 9.17) is 14.6 Å². The van der Waals surface area contributed by atoms with Crippen LogP contribution in [0.4, 0.5) is 0 Å². The summed E-state index contributed by atoms with van der Waals surface area (Å²) < 4.78 is 6.48. The van der Waals surface area contributed by atoms with Gasteiger partial charge in [0.1, 0.15) is 5.75 Å². The molecule has 2 aromatic carbocycles. The summed E-state index contributed by atoms with van der Waals surface area (Å²) >= 11 is 3.50. The first kappa shape index (κ1) is 18.5. The maximum Gasteiger partial charge on any atom is 0.300 e. The molecule has 0 saturated heterocycles. The number of hydrogen-bond donors (Lipinski definition) is 3. The van der Waals surface area contributed by atoms with Crippen LogP contribution < -0.4 is 10.1 Å². The zero-order valence-electron chi connectivity index (χ0n) is 14.7. The van der Waals surface area contributed by atoms with Crippen LogP contribution in [0.5, 0.6) is 5.75 Å². The lowest BCUT2D eigenvalue weighted by Crippen LogP contribution is -2.30. The third kappa shape index (κ3) is 3.92. The lowest BCUT2D eigenvalue weighted by Gasteiger charge is -2.25. The van der Waals surface area contributed by atoms with Crippen LogP contribution in [-0.2, 0) is 11.2 Å². The molecule has 0 fully saturated rings. The smallest absolute Gasteiger partial charge is 0.300 e. The zero-order chi connectivity index (χ0) is 18.7. The number of methoxy groups -OCH3 is 1. The van der Waals surface area contributed by atoms with Crippen LogP contribution in [0.1, 0.15) is 29.8 Å². The number of ether oxygens (including phenoxy) is 1. The molecule has 3 aromatic rings. The summed E-state index contributed by atoms with van der Waals surface area (Å²) in [5.41, 5.74) is 5.14. The Morgan fingerprint density at radius 1 is 1.23 bits per heavy atom. The average molecular weight is 417 g/mol. The first-order valence-corrected chi connectivity index (χ1v) is 9.15. The minimum Gasteiger partial charge on any atom is -0.497 e. The number of fused-ring (bicyclic) bond motifs is 3. The Kier molecular flexibility index (Phi) is 5.64. The van der Waals surface area contributed by atoms with Crippen molar-refractivity contribution in [2.45, 2.75) is 19.4 Å². The van der Waals surface area contributed by atoms with E-state index >= 15 is 0 Å². The highest BCUT2D eigenvalue weighted by atomic mass is 79.9. The molecule has 1 aromatic heterocycles. The number of rotatable bonds is 2. The third-order valence-electron chi connectivity index (χ3n) is 4.36. The summed E-state index contributed by atoms with van der Waals surface area (Å²) in [4.78, 5) is 12.6. The molecule has 0 bridgehead atoms. The Morgan fingerprint density at radius 3 is 2.58 bits per heavy atom. The zero-order valence-corrected chi connectivity index (χ0v) is 16.3. The van der Waals surface area contributed by atoms with Crippen molar-refractivity contribution < 1.29 is 14.6 Å². The molecule has 2 heterocycles. The second-order valence-corrected chi connectivity index (χ2v) is 7.05. The highest BCUT2D eigenvalue weighted by Crippen LogP contribution is 2.35. The van der Waals surface area contributed by atoms with Gasteiger partial charge in [0, 0.05) is 34.5 Å². The van der Waals surface area contributed by atoms with Gasteiger partial charge in [-0.25, -0.2) is 0 Å². The van der Waals surface area contributed by atoms with E-state index in [1.54, 1.807) is 7.11 Å². The number of aliphatic carboxylic acids is 1. The molecule has 5 nitrogen and oxygen atoms in total. The van der Waals surface area contributed by atoms with E-state index in [0.717, 1.165) is 30.1 Å². The van der Waals surface area contributed by atoms with E-state index < -0.39 is 5.97 Å². The standard InChI is InChI=1S/C18H17BrN2O.C2H4O2/c1-22-13-6-7-16-15(10-13)14-8-9-20-17(18(14)21-16)11-2-4-12(19)5-3-11;1-2(3)4/h2-7,10,17,20-21H,8-9H2,1H3;1H3,(H,3,4). The van der Waals surface area contributed by atoms with Crippen LogP contribution in [0.3, 0.4) is 0 Å². The Morgan fingerprint density at radius 2 is 1.92 bits per heavy atom. The van der Waals surface area contributed by atoms with Crippen molar-refractivity contribution in [3.8, 4) is 5.75 Å². The molecule has 3 N–H and O–H groups in total. The molecular weight excluding hydrogens is 396 g/mol. The maximum absolute atomic E-state index is 9.00. The van der Waals surface area contributed by atoms with E-state index in [1.165, 1.54) is 27.7 Å². The Hall–Kier alpha value is -2.31. The van der Waals surface area contributed by atoms with Gasteiger partial charge in [-0.05, 0) is 47.9 Å². The second kappa shape index (κ2) is 7.93. The van der Waals surface area contributed by atoms with E-state index in [2.05, 4.69) is 62.6 Å². The number of aromatic nitrogens is 1. The number of carbonyl (C=O) groups is 1. The van der Waals surface area contributed by atoms with Crippen molar-refractivity contribution in [2.75, 3.05) is 13.7 Å². The molecule has 0 amide bonds. The summed E-state index contributed by atoms with van der Waals surface area (Å²) in [6, 6.07) is 15.0. The van der Waals surface area contributed by atoms with Gasteiger partial charge in [-0.15, -0.1) is 0 Å². The van der Waals surface area contributed by atoms with Crippen LogP contribution in [-0.4, -0.2) is 29.7 Å². The molecule has 1 unspecified atom stereocenters. The predicted octanol–water partition coefficient (Wildman–Crippen LogP) is 4.27. The molecule has 1 atom stereocenters. The van der Waals surface area contributed by atoms with E-state index in [-0.39, 0.29) is 6.04 Å². The van der Waals surface area contributed by atoms with Crippen molar-refractivity contribution >= 4 is 32.8 Å². The van der Waals surface area contributed by atoms with Crippen LogP contribution in [0.15, 0.2) is 46.9 Å². The van der Waals surface area contributed by atoms with Gasteiger partial charge in [-0.1, -0.05) is 28.1 Å². The van der Waals surface area contributed by atoms with Crippen molar-refractivity contribution in [2.24, 2.45) is 0 Å². The Bertz CT molecular complexity index is 915. The maximum atomic E-state index is 9.00. The topological polar surface area (TPSA) is 74.3 Å². The summed E-state index contributed by atoms with van der Waals surface area (Å²) in [7, 11) is 1.71. The molecule has 26 heavy (non-hydrogen) atoms. The minimum atomic E-state index is -0.833. The molecule has 0 radical (unpaired) electrons. The fraction of sp³-hybridized carbons (Fsp3) is 0.250. The van der Waals surface area contributed by atoms with Gasteiger partial charge < -0.3 is 20.1 Å². The SMILES string of the molecule is CC(=O)O.COc1ccc2[nH]c3c(c2c1)CCNC3c1ccc(Br)cc1. The largest absolute Gasteiger partial charge is 0.497 e. The van der Waals surface area contributed by atoms with Gasteiger partial charge in [0.25, 0.3) is 5.97 Å². The summed E-state index contributed by atoms with van der Waals surface area (Å²) in [5.74, 6) is 0.0769. The molecule has 1 aliphatic heterocycles. The summed E-state index contributed by atoms with van der Waals surface area (Å²) in [5, 5.41) is 12.3. The fourth-order valence-corrected chi connectivity index (χ4v) is 3.54. The van der Waals surface area contributed by atoms with Gasteiger partial charge in [0.05, 0.1) is 13.2 Å². The normalized spacial score (nSPS) is 15.7. The molecule has 4 rings (SSSR count). The Balaban J connectivity index is 0.000000447. The molecule has 0 spiro atoms. The second-order valence-electron chi connectivity index (χ2n) is 6.14. The van der Waals surface area contributed by atoms with Crippen molar-refractivity contribution in [3.63, 3.8) is 0 Å². The fourth-order valence-electron chi connectivity index (χ4n) is 3.27. The third-order valence-corrected chi connectivity index (χ3v) is 4.89. The number of benzene rings is 2. The van der Waals surface area contributed by atoms with Gasteiger partial charge in [-0.2, -0.15) is 0 Å². The molecular formula is C20H21BrN2O3. The van der Waals surface area contributed by atoms with E-state index in [9.17, 15) is 0 Å². The summed E-state index contributed by atoms with van der Waals surface area (Å²) in [6.07, 6.45) is 1.04. The number of carboxylic acid groups (broad SMARTS) is 1. The molecule has 0 aliphatic carbocycles. The number of hydrogen-bond acceptors (Lipinski definition) is 3. The van der Waals surface area contributed by atoms with Crippen molar-refractivity contribution in [1.82, 2.24) is 10.3 Å². The Labute approximate surface area is 160 Å². The highest BCUT2D eigenvalue weighted by Gasteiger charge is 2.25. The molecule has 136 valence electrons. The molecule has 6 heteroatoms. The quantitative estimate of drug-likeness (QED) is 0.583. The predicted molar refractivity (Wildman–Crippen MR) is 106 cm³/mol. The molecule has 0 saturated carbocycles. The van der Waals surface area contributed by atoms with Crippen LogP contribution in [0, 0.1) is 0 Å². The van der Waals surface area contributed by atoms with Crippen LogP contribution in [0.2, 0.25) is 0 Å². The van der Waals surface area contributed by atoms with Crippen molar-refractivity contribution in [1.29, 1.82) is 0 Å². The number of nitrogens with one attached hydrogen (secondary N) is 2. The monoisotopic (exact) mass is 416 g/mol. The van der Waals surface area contributed by atoms with Gasteiger partial charge in [0.15, 0.2) is 0 Å². The van der Waals surface area contributed by atoms with Crippen molar-refractivity contribution in [3.05, 3.63) is 63.8 Å². The first-order valence-electron chi connectivity index (χ1n) is 8.36.